The van der Waals surface area contributed by atoms with Gasteiger partial charge >= 0.3 is 0 Å². The summed E-state index contributed by atoms with van der Waals surface area (Å²) in [5, 5.41) is 7.99. The highest BCUT2D eigenvalue weighted by Gasteiger charge is 2.18. The Bertz CT molecular complexity index is 3240. The zero-order valence-corrected chi connectivity index (χ0v) is 31.5. The number of para-hydroxylation sites is 1. The maximum atomic E-state index is 2.48. The molecule has 0 radical (unpaired) electrons. The van der Waals surface area contributed by atoms with Gasteiger partial charge in [0.2, 0.25) is 0 Å². The molecule has 256 valence electrons. The lowest BCUT2D eigenvalue weighted by atomic mass is 9.89. The van der Waals surface area contributed by atoms with E-state index in [-0.39, 0.29) is 0 Å². The molecule has 0 spiro atoms. The van der Waals surface area contributed by atoms with Crippen LogP contribution >= 0.6 is 22.7 Å². The zero-order chi connectivity index (χ0) is 35.8. The number of thiophene rings is 2. The molecule has 0 saturated heterocycles. The van der Waals surface area contributed by atoms with Gasteiger partial charge in [-0.25, -0.2) is 0 Å². The average Bonchev–Trinajstić information content (AvgIpc) is 3.90. The summed E-state index contributed by atoms with van der Waals surface area (Å²) in [6, 6.07) is 63.2. The minimum Gasteiger partial charge on any atom is -0.309 e. The van der Waals surface area contributed by atoms with Crippen LogP contribution in [0.25, 0.3) is 90.1 Å². The second-order valence-electron chi connectivity index (χ2n) is 14.4. The summed E-state index contributed by atoms with van der Waals surface area (Å²) < 4.78 is 7.87. The van der Waals surface area contributed by atoms with Gasteiger partial charge in [-0.2, -0.15) is 0 Å². The van der Waals surface area contributed by atoms with Crippen molar-refractivity contribution in [3.8, 4) is 27.9 Å². The maximum absolute atomic E-state index is 2.48. The highest BCUT2D eigenvalue weighted by Crippen LogP contribution is 2.42. The molecule has 3 aromatic heterocycles. The molecule has 1 nitrogen and oxygen atoms in total. The second-order valence-corrected chi connectivity index (χ2v) is 16.6. The smallest absolute Gasteiger partial charge is 0.0555 e. The van der Waals surface area contributed by atoms with Gasteiger partial charge < -0.3 is 4.57 Å². The van der Waals surface area contributed by atoms with E-state index >= 15 is 0 Å². The molecule has 0 fully saturated rings. The Morgan fingerprint density at radius 1 is 0.407 bits per heavy atom. The van der Waals surface area contributed by atoms with E-state index in [4.69, 9.17) is 0 Å². The van der Waals surface area contributed by atoms with Crippen LogP contribution in [0, 0.1) is 6.92 Å². The van der Waals surface area contributed by atoms with Crippen molar-refractivity contribution >= 4 is 84.8 Å². The third-order valence-corrected chi connectivity index (χ3v) is 13.6. The van der Waals surface area contributed by atoms with Crippen LogP contribution in [-0.4, -0.2) is 4.57 Å². The number of hydrogen-bond donors (Lipinski definition) is 0. The fourth-order valence-electron chi connectivity index (χ4n) is 8.78. The molecule has 0 aliphatic rings. The minimum atomic E-state index is 0.975. The first kappa shape index (κ1) is 31.5. The van der Waals surface area contributed by atoms with Crippen molar-refractivity contribution in [2.45, 2.75) is 19.8 Å². The van der Waals surface area contributed by atoms with Crippen molar-refractivity contribution in [2.24, 2.45) is 0 Å². The van der Waals surface area contributed by atoms with E-state index in [1.807, 2.05) is 22.7 Å². The molecule has 3 heterocycles. The van der Waals surface area contributed by atoms with Crippen LogP contribution in [0.15, 0.2) is 170 Å². The van der Waals surface area contributed by atoms with Gasteiger partial charge in [0, 0.05) is 51.1 Å². The summed E-state index contributed by atoms with van der Waals surface area (Å²) in [6.45, 7) is 2.24. The molecule has 0 aliphatic heterocycles. The molecule has 11 rings (SSSR count). The molecular weight excluding hydrogens is 691 g/mol. The number of aryl methyl sites for hydroxylation is 3. The Kier molecular flexibility index (Phi) is 7.33. The fourth-order valence-corrected chi connectivity index (χ4v) is 11.1. The van der Waals surface area contributed by atoms with E-state index in [9.17, 15) is 0 Å². The third kappa shape index (κ3) is 4.96. The Morgan fingerprint density at radius 2 is 1.00 bits per heavy atom. The van der Waals surface area contributed by atoms with Gasteiger partial charge in [-0.05, 0) is 113 Å². The highest BCUT2D eigenvalue weighted by molar-refractivity contribution is 7.26. The van der Waals surface area contributed by atoms with E-state index in [0.717, 1.165) is 12.8 Å². The number of rotatable bonds is 6. The lowest BCUT2D eigenvalue weighted by Gasteiger charge is -2.15. The molecule has 0 saturated carbocycles. The van der Waals surface area contributed by atoms with Gasteiger partial charge in [-0.15, -0.1) is 22.7 Å². The van der Waals surface area contributed by atoms with Gasteiger partial charge in [0.25, 0.3) is 0 Å². The first-order valence-corrected chi connectivity index (χ1v) is 20.4. The fraction of sp³-hybridized carbons (Fsp3) is 0.0588. The van der Waals surface area contributed by atoms with Crippen LogP contribution in [0.2, 0.25) is 0 Å². The molecule has 11 aromatic rings. The number of hydrogen-bond acceptors (Lipinski definition) is 2. The monoisotopic (exact) mass is 725 g/mol. The van der Waals surface area contributed by atoms with Crippen molar-refractivity contribution in [3.63, 3.8) is 0 Å². The Morgan fingerprint density at radius 3 is 1.81 bits per heavy atom. The summed E-state index contributed by atoms with van der Waals surface area (Å²) >= 11 is 3.78. The molecule has 0 atom stereocenters. The second kappa shape index (κ2) is 12.6. The van der Waals surface area contributed by atoms with Crippen molar-refractivity contribution < 1.29 is 0 Å². The van der Waals surface area contributed by atoms with Crippen LogP contribution in [0.3, 0.4) is 0 Å². The highest BCUT2D eigenvalue weighted by atomic mass is 32.1. The van der Waals surface area contributed by atoms with Crippen LogP contribution in [-0.2, 0) is 12.8 Å². The van der Waals surface area contributed by atoms with Gasteiger partial charge in [-0.1, -0.05) is 115 Å². The topological polar surface area (TPSA) is 4.93 Å². The lowest BCUT2D eigenvalue weighted by Crippen LogP contribution is -1.97. The summed E-state index contributed by atoms with van der Waals surface area (Å²) in [5.74, 6) is 0. The number of fused-ring (bicyclic) bond motifs is 9. The van der Waals surface area contributed by atoms with Crippen LogP contribution in [0.4, 0.5) is 0 Å². The SMILES string of the molecule is Cc1ccccc1-c1cc(-c2ccc3c(c2)c2ccccc2n3-c2cccc3sc4ccccc4c23)ccc1CCc1cccc2sc3ccccc3c12. The van der Waals surface area contributed by atoms with Crippen molar-refractivity contribution in [1.82, 2.24) is 4.57 Å². The largest absolute Gasteiger partial charge is 0.309 e. The average molecular weight is 726 g/mol. The van der Waals surface area contributed by atoms with E-state index < -0.39 is 0 Å². The van der Waals surface area contributed by atoms with Crippen molar-refractivity contribution in [2.75, 3.05) is 0 Å². The van der Waals surface area contributed by atoms with Crippen LogP contribution in [0.1, 0.15) is 16.7 Å². The molecular formula is C51H35NS2. The molecule has 8 aromatic carbocycles. The minimum absolute atomic E-state index is 0.975. The number of nitrogens with zero attached hydrogens (tertiary/aromatic N) is 1. The number of aromatic nitrogens is 1. The Labute approximate surface area is 322 Å². The molecule has 3 heteroatoms. The standard InChI is InChI=1S/C51H35NS2/c1-32-12-2-3-14-37(32)41-30-35(27-25-33(41)24-26-34-13-10-22-48-50(34)39-16-5-8-20-46(39)53-48)36-28-29-44-42(31-36)38-15-4-7-18-43(38)52(44)45-19-11-23-49-51(45)40-17-6-9-21-47(40)54-49/h2-23,25,27-31H,24,26H2,1H3. The molecule has 0 bridgehead atoms. The van der Waals surface area contributed by atoms with Crippen molar-refractivity contribution in [1.29, 1.82) is 0 Å². The molecule has 0 aliphatic carbocycles. The predicted molar refractivity (Wildman–Crippen MR) is 236 cm³/mol. The number of benzene rings is 8. The van der Waals surface area contributed by atoms with E-state index in [1.165, 1.54) is 107 Å². The molecule has 54 heavy (non-hydrogen) atoms. The Balaban J connectivity index is 1.04. The van der Waals surface area contributed by atoms with E-state index in [1.54, 1.807) is 0 Å². The first-order valence-electron chi connectivity index (χ1n) is 18.7. The predicted octanol–water partition coefficient (Wildman–Crippen LogP) is 14.9. The zero-order valence-electron chi connectivity index (χ0n) is 29.8. The van der Waals surface area contributed by atoms with Crippen molar-refractivity contribution in [3.05, 3.63) is 187 Å². The first-order chi connectivity index (χ1) is 26.7. The van der Waals surface area contributed by atoms with E-state index in [0.29, 0.717) is 0 Å². The summed E-state index contributed by atoms with van der Waals surface area (Å²) in [7, 11) is 0. The Hall–Kier alpha value is -6.00. The van der Waals surface area contributed by atoms with E-state index in [2.05, 4.69) is 181 Å². The van der Waals surface area contributed by atoms with Crippen LogP contribution in [0.5, 0.6) is 0 Å². The molecule has 0 N–H and O–H groups in total. The summed E-state index contributed by atoms with van der Waals surface area (Å²) in [4.78, 5) is 0. The normalized spacial score (nSPS) is 11.9. The van der Waals surface area contributed by atoms with Gasteiger partial charge in [0.05, 0.1) is 16.7 Å². The van der Waals surface area contributed by atoms with Gasteiger partial charge in [-0.3, -0.25) is 0 Å². The van der Waals surface area contributed by atoms with Gasteiger partial charge in [0.15, 0.2) is 0 Å². The van der Waals surface area contributed by atoms with Crippen LogP contribution < -0.4 is 0 Å². The lowest BCUT2D eigenvalue weighted by molar-refractivity contribution is 0.972. The quantitative estimate of drug-likeness (QED) is 0.161. The van der Waals surface area contributed by atoms with Gasteiger partial charge in [0.1, 0.15) is 0 Å². The summed E-state index contributed by atoms with van der Waals surface area (Å²) in [5.41, 5.74) is 12.9. The molecule has 0 amide bonds. The molecule has 0 unspecified atom stereocenters. The maximum Gasteiger partial charge on any atom is 0.0555 e. The third-order valence-electron chi connectivity index (χ3n) is 11.3. The summed E-state index contributed by atoms with van der Waals surface area (Å²) in [6.07, 6.45) is 1.97.